The molecule has 2 radical (unpaired) electrons. The van der Waals surface area contributed by atoms with Gasteiger partial charge in [-0.25, -0.2) is 0 Å². The van der Waals surface area contributed by atoms with Crippen molar-refractivity contribution in [3.63, 3.8) is 0 Å². The van der Waals surface area contributed by atoms with Crippen molar-refractivity contribution in [2.24, 2.45) is 0 Å². The maximum atomic E-state index is 12.1. The molecule has 1 aromatic rings. The van der Waals surface area contributed by atoms with E-state index in [9.17, 15) is 18.0 Å². The Kier molecular flexibility index (Phi) is 2.98. The van der Waals surface area contributed by atoms with E-state index in [0.29, 0.717) is 11.8 Å². The summed E-state index contributed by atoms with van der Waals surface area (Å²) in [4.78, 5) is 10.2. The van der Waals surface area contributed by atoms with E-state index in [-0.39, 0.29) is 0 Å². The second kappa shape index (κ2) is 3.86. The fourth-order valence-electron chi connectivity index (χ4n) is 0.973. The SMILES string of the molecule is [B]C(C=O)c1ccc(C(F)(F)F)cc1. The van der Waals surface area contributed by atoms with Crippen LogP contribution in [0.15, 0.2) is 24.3 Å². The molecule has 1 aromatic carbocycles. The van der Waals surface area contributed by atoms with Crippen molar-refractivity contribution in [2.45, 2.75) is 12.0 Å². The molecule has 0 N–H and O–H groups in total. The number of carbonyl (C=O) groups is 1. The van der Waals surface area contributed by atoms with Crippen LogP contribution in [0, 0.1) is 0 Å². The van der Waals surface area contributed by atoms with Gasteiger partial charge in [0.05, 0.1) is 13.4 Å². The maximum Gasteiger partial charge on any atom is 0.416 e. The van der Waals surface area contributed by atoms with Crippen molar-refractivity contribution < 1.29 is 18.0 Å². The van der Waals surface area contributed by atoms with Crippen LogP contribution in [0.25, 0.3) is 0 Å². The van der Waals surface area contributed by atoms with Crippen LogP contribution in [0.3, 0.4) is 0 Å². The van der Waals surface area contributed by atoms with Gasteiger partial charge in [0.1, 0.15) is 6.29 Å². The third kappa shape index (κ3) is 2.37. The average Bonchev–Trinajstić information content (AvgIpc) is 2.15. The minimum Gasteiger partial charge on any atom is -0.304 e. The molecule has 1 atom stereocenters. The summed E-state index contributed by atoms with van der Waals surface area (Å²) in [6.45, 7) is 0. The quantitative estimate of drug-likeness (QED) is 0.525. The second-order valence-corrected chi connectivity index (χ2v) is 2.78. The summed E-state index contributed by atoms with van der Waals surface area (Å²) in [6.07, 6.45) is -3.88. The third-order valence-electron chi connectivity index (χ3n) is 1.77. The molecule has 0 saturated carbocycles. The zero-order chi connectivity index (χ0) is 10.8. The van der Waals surface area contributed by atoms with Gasteiger partial charge in [0.15, 0.2) is 0 Å². The fraction of sp³-hybridized carbons (Fsp3) is 0.222. The predicted molar refractivity (Wildman–Crippen MR) is 46.0 cm³/mol. The summed E-state index contributed by atoms with van der Waals surface area (Å²) in [5.41, 5.74) is -0.382. The Balaban J connectivity index is 2.95. The fourth-order valence-corrected chi connectivity index (χ4v) is 0.973. The minimum absolute atomic E-state index is 0.369. The van der Waals surface area contributed by atoms with Gasteiger partial charge in [-0.15, -0.1) is 0 Å². The zero-order valence-electron chi connectivity index (χ0n) is 7.08. The van der Waals surface area contributed by atoms with E-state index in [1.54, 1.807) is 0 Å². The molecule has 1 nitrogen and oxygen atoms in total. The molecule has 0 bridgehead atoms. The molecule has 0 saturated heterocycles. The zero-order valence-corrected chi connectivity index (χ0v) is 7.08. The number of halogens is 3. The van der Waals surface area contributed by atoms with E-state index in [1.807, 2.05) is 0 Å². The Morgan fingerprint density at radius 3 is 2.07 bits per heavy atom. The van der Waals surface area contributed by atoms with Gasteiger partial charge in [-0.2, -0.15) is 13.2 Å². The lowest BCUT2D eigenvalue weighted by molar-refractivity contribution is -0.137. The lowest BCUT2D eigenvalue weighted by Gasteiger charge is -2.08. The number of benzene rings is 1. The van der Waals surface area contributed by atoms with Crippen LogP contribution in [-0.4, -0.2) is 14.1 Å². The van der Waals surface area contributed by atoms with Crippen molar-refractivity contribution in [1.29, 1.82) is 0 Å². The molecule has 1 rings (SSSR count). The normalized spacial score (nSPS) is 13.6. The predicted octanol–water partition coefficient (Wildman–Crippen LogP) is 2.11. The first-order valence-corrected chi connectivity index (χ1v) is 3.83. The lowest BCUT2D eigenvalue weighted by Crippen LogP contribution is -2.06. The Bertz CT molecular complexity index is 318. The van der Waals surface area contributed by atoms with Crippen molar-refractivity contribution in [2.75, 3.05) is 0 Å². The maximum absolute atomic E-state index is 12.1. The summed E-state index contributed by atoms with van der Waals surface area (Å²) in [5, 5.41) is 0. The lowest BCUT2D eigenvalue weighted by atomic mass is 9.82. The number of hydrogen-bond donors (Lipinski definition) is 0. The van der Waals surface area contributed by atoms with Gasteiger partial charge < -0.3 is 4.79 Å². The number of hydrogen-bond acceptors (Lipinski definition) is 1. The molecule has 5 heteroatoms. The van der Waals surface area contributed by atoms with E-state index in [4.69, 9.17) is 7.85 Å². The molecule has 0 heterocycles. The van der Waals surface area contributed by atoms with Gasteiger partial charge in [0.2, 0.25) is 0 Å². The molecule has 0 aliphatic carbocycles. The molecule has 0 aromatic heterocycles. The highest BCUT2D eigenvalue weighted by Gasteiger charge is 2.29. The molecule has 0 aliphatic heterocycles. The second-order valence-electron chi connectivity index (χ2n) is 2.78. The van der Waals surface area contributed by atoms with Crippen LogP contribution in [-0.2, 0) is 11.0 Å². The highest BCUT2D eigenvalue weighted by atomic mass is 19.4. The van der Waals surface area contributed by atoms with Gasteiger partial charge in [-0.1, -0.05) is 12.1 Å². The Hall–Kier alpha value is -1.26. The highest BCUT2D eigenvalue weighted by molar-refractivity contribution is 6.20. The molecule has 0 spiro atoms. The molecule has 0 fully saturated rings. The number of aldehydes is 1. The van der Waals surface area contributed by atoms with Gasteiger partial charge in [0.25, 0.3) is 0 Å². The first-order valence-electron chi connectivity index (χ1n) is 3.83. The summed E-state index contributed by atoms with van der Waals surface area (Å²) >= 11 is 0. The van der Waals surface area contributed by atoms with Crippen LogP contribution in [0.2, 0.25) is 0 Å². The van der Waals surface area contributed by atoms with Crippen molar-refractivity contribution in [3.8, 4) is 0 Å². The Morgan fingerprint density at radius 2 is 1.71 bits per heavy atom. The van der Waals surface area contributed by atoms with Crippen molar-refractivity contribution >= 4 is 14.1 Å². The van der Waals surface area contributed by atoms with Gasteiger partial charge in [-0.3, -0.25) is 0 Å². The van der Waals surface area contributed by atoms with E-state index in [2.05, 4.69) is 0 Å². The van der Waals surface area contributed by atoms with E-state index in [1.165, 1.54) is 12.1 Å². The minimum atomic E-state index is -4.36. The Morgan fingerprint density at radius 1 is 1.21 bits per heavy atom. The first kappa shape index (κ1) is 10.8. The number of alkyl halides is 3. The standard InChI is InChI=1S/C9H6BF3O/c10-8(5-14)6-1-3-7(4-2-6)9(11,12)13/h1-5,8H. The van der Waals surface area contributed by atoms with Crippen LogP contribution in [0.1, 0.15) is 16.9 Å². The molecule has 0 aliphatic rings. The van der Waals surface area contributed by atoms with Gasteiger partial charge in [-0.05, 0) is 17.7 Å². The molecular formula is C9H6BF3O. The molecule has 72 valence electrons. The summed E-state index contributed by atoms with van der Waals surface area (Å²) in [6, 6.07) is 4.20. The van der Waals surface area contributed by atoms with Crippen LogP contribution < -0.4 is 0 Å². The summed E-state index contributed by atoms with van der Waals surface area (Å²) in [5.74, 6) is -0.864. The van der Waals surface area contributed by atoms with Crippen molar-refractivity contribution in [1.82, 2.24) is 0 Å². The first-order chi connectivity index (χ1) is 6.45. The molecule has 14 heavy (non-hydrogen) atoms. The Labute approximate surface area is 80.3 Å². The number of carbonyl (C=O) groups excluding carboxylic acids is 1. The van der Waals surface area contributed by atoms with Gasteiger partial charge in [0, 0.05) is 5.82 Å². The average molecular weight is 198 g/mol. The topological polar surface area (TPSA) is 17.1 Å². The van der Waals surface area contributed by atoms with Crippen molar-refractivity contribution in [3.05, 3.63) is 35.4 Å². The van der Waals surface area contributed by atoms with E-state index >= 15 is 0 Å². The van der Waals surface area contributed by atoms with E-state index in [0.717, 1.165) is 12.1 Å². The molecule has 1 unspecified atom stereocenters. The monoisotopic (exact) mass is 198 g/mol. The summed E-state index contributed by atoms with van der Waals surface area (Å²) in [7, 11) is 5.30. The third-order valence-corrected chi connectivity index (χ3v) is 1.77. The molecule has 0 amide bonds. The number of rotatable bonds is 2. The summed E-state index contributed by atoms with van der Waals surface area (Å²) < 4.78 is 36.3. The van der Waals surface area contributed by atoms with Crippen LogP contribution in [0.4, 0.5) is 13.2 Å². The largest absolute Gasteiger partial charge is 0.416 e. The van der Waals surface area contributed by atoms with Crippen LogP contribution >= 0.6 is 0 Å². The van der Waals surface area contributed by atoms with Crippen LogP contribution in [0.5, 0.6) is 0 Å². The van der Waals surface area contributed by atoms with E-state index < -0.39 is 17.6 Å². The smallest absolute Gasteiger partial charge is 0.304 e. The van der Waals surface area contributed by atoms with Gasteiger partial charge >= 0.3 is 6.18 Å². The highest BCUT2D eigenvalue weighted by Crippen LogP contribution is 2.29. The molecular weight excluding hydrogens is 192 g/mol.